The summed E-state index contributed by atoms with van der Waals surface area (Å²) in [6, 6.07) is 10.2. The van der Waals surface area contributed by atoms with Gasteiger partial charge in [-0.25, -0.2) is 9.37 Å². The molecule has 0 unspecified atom stereocenters. The quantitative estimate of drug-likeness (QED) is 0.557. The lowest BCUT2D eigenvalue weighted by atomic mass is 10.1. The Morgan fingerprint density at radius 1 is 1.13 bits per heavy atom. The molecule has 0 saturated carbocycles. The number of aromatic amines is 1. The molecular weight excluding hydrogens is 317 g/mol. The van der Waals surface area contributed by atoms with Crippen molar-refractivity contribution in [2.45, 2.75) is 12.8 Å². The molecule has 0 spiro atoms. The van der Waals surface area contributed by atoms with Crippen LogP contribution in [-0.2, 0) is 17.6 Å². The molecule has 0 aliphatic carbocycles. The van der Waals surface area contributed by atoms with Crippen LogP contribution >= 0.6 is 11.3 Å². The number of halogens is 1. The van der Waals surface area contributed by atoms with Crippen molar-refractivity contribution >= 4 is 22.9 Å². The van der Waals surface area contributed by atoms with E-state index in [2.05, 4.69) is 15.2 Å². The van der Waals surface area contributed by atoms with Gasteiger partial charge in [0, 0.05) is 22.6 Å². The van der Waals surface area contributed by atoms with E-state index in [1.54, 1.807) is 24.3 Å². The van der Waals surface area contributed by atoms with Crippen LogP contribution in [0.5, 0.6) is 0 Å². The molecule has 0 bridgehead atoms. The first-order valence-corrected chi connectivity index (χ1v) is 7.69. The topological polar surface area (TPSA) is 75.7 Å². The number of hydrogen-bond donors (Lipinski definition) is 1. The van der Waals surface area contributed by atoms with Gasteiger partial charge in [0.05, 0.1) is 0 Å². The summed E-state index contributed by atoms with van der Waals surface area (Å²) in [6.45, 7) is 0. The molecule has 2 heterocycles. The lowest BCUT2D eigenvalue weighted by molar-refractivity contribution is -0.114. The van der Waals surface area contributed by atoms with Gasteiger partial charge in [0.15, 0.2) is 5.82 Å². The van der Waals surface area contributed by atoms with Crippen LogP contribution in [0.25, 0.3) is 0 Å². The third-order valence-corrected chi connectivity index (χ3v) is 4.34. The van der Waals surface area contributed by atoms with Crippen LogP contribution in [0.15, 0.2) is 42.7 Å². The molecule has 0 amide bonds. The predicted molar refractivity (Wildman–Crippen MR) is 82.9 cm³/mol. The van der Waals surface area contributed by atoms with Crippen LogP contribution in [0.3, 0.4) is 0 Å². The Balaban J connectivity index is 1.67. The number of carbonyl (C=O) groups is 2. The van der Waals surface area contributed by atoms with Gasteiger partial charge in [-0.3, -0.25) is 14.7 Å². The van der Waals surface area contributed by atoms with E-state index in [1.165, 1.54) is 23.7 Å². The molecule has 1 aromatic carbocycles. The van der Waals surface area contributed by atoms with Crippen LogP contribution in [0.4, 0.5) is 4.39 Å². The van der Waals surface area contributed by atoms with Crippen molar-refractivity contribution in [3.8, 4) is 0 Å². The van der Waals surface area contributed by atoms with Crippen LogP contribution in [0.2, 0.25) is 0 Å². The fourth-order valence-electron chi connectivity index (χ4n) is 2.13. The van der Waals surface area contributed by atoms with Gasteiger partial charge < -0.3 is 0 Å². The summed E-state index contributed by atoms with van der Waals surface area (Å²) in [5.74, 6) is -1.55. The van der Waals surface area contributed by atoms with Crippen molar-refractivity contribution in [1.82, 2.24) is 15.2 Å². The van der Waals surface area contributed by atoms with Crippen LogP contribution in [0.1, 0.15) is 25.9 Å². The summed E-state index contributed by atoms with van der Waals surface area (Å²) in [6.07, 6.45) is 1.64. The molecule has 0 aliphatic rings. The Kier molecular flexibility index (Phi) is 4.38. The molecular formula is C16H12FN3O2S. The standard InChI is InChI=1S/C16H12FN3O2S/c17-13-4-2-1-3-10(13)7-11-5-6-12(23-11)8-14(21)15(22)16-18-9-19-20-16/h1-6,9H,7-8H2,(H,18,19,20). The van der Waals surface area contributed by atoms with Crippen molar-refractivity contribution < 1.29 is 14.0 Å². The Hall–Kier alpha value is -2.67. The zero-order valence-corrected chi connectivity index (χ0v) is 12.8. The predicted octanol–water partition coefficient (Wildman–Crippen LogP) is 2.59. The first kappa shape index (κ1) is 15.2. The first-order valence-electron chi connectivity index (χ1n) is 6.87. The number of carbonyl (C=O) groups excluding carboxylic acids is 2. The molecule has 0 radical (unpaired) electrons. The van der Waals surface area contributed by atoms with E-state index < -0.39 is 11.6 Å². The van der Waals surface area contributed by atoms with Crippen molar-refractivity contribution in [3.05, 3.63) is 69.7 Å². The van der Waals surface area contributed by atoms with E-state index in [1.807, 2.05) is 6.07 Å². The SMILES string of the molecule is O=C(Cc1ccc(Cc2ccccc2F)s1)C(=O)c1ncn[nH]1. The maximum atomic E-state index is 13.6. The minimum atomic E-state index is -0.688. The number of thiophene rings is 1. The van der Waals surface area contributed by atoms with Gasteiger partial charge in [0.2, 0.25) is 5.78 Å². The van der Waals surface area contributed by atoms with E-state index in [0.29, 0.717) is 12.0 Å². The smallest absolute Gasteiger partial charge is 0.265 e. The highest BCUT2D eigenvalue weighted by molar-refractivity contribution is 7.12. The molecule has 0 aliphatic heterocycles. The fourth-order valence-corrected chi connectivity index (χ4v) is 3.17. The second-order valence-electron chi connectivity index (χ2n) is 4.90. The molecule has 2 aromatic heterocycles. The van der Waals surface area contributed by atoms with Crippen LogP contribution in [0, 0.1) is 5.82 Å². The third kappa shape index (κ3) is 3.57. The maximum absolute atomic E-state index is 13.6. The highest BCUT2D eigenvalue weighted by Crippen LogP contribution is 2.22. The van der Waals surface area contributed by atoms with Crippen molar-refractivity contribution in [3.63, 3.8) is 0 Å². The molecule has 5 nitrogen and oxygen atoms in total. The Bertz CT molecular complexity index is 843. The minimum Gasteiger partial charge on any atom is -0.290 e. The summed E-state index contributed by atoms with van der Waals surface area (Å²) in [4.78, 5) is 29.1. The highest BCUT2D eigenvalue weighted by atomic mass is 32.1. The molecule has 3 aromatic rings. The summed E-state index contributed by atoms with van der Waals surface area (Å²) in [7, 11) is 0. The third-order valence-electron chi connectivity index (χ3n) is 3.26. The average molecular weight is 329 g/mol. The Morgan fingerprint density at radius 3 is 2.65 bits per heavy atom. The zero-order valence-electron chi connectivity index (χ0n) is 12.0. The lowest BCUT2D eigenvalue weighted by Gasteiger charge is -2.00. The van der Waals surface area contributed by atoms with E-state index >= 15 is 0 Å². The number of hydrogen-bond acceptors (Lipinski definition) is 5. The monoisotopic (exact) mass is 329 g/mol. The molecule has 7 heteroatoms. The summed E-state index contributed by atoms with van der Waals surface area (Å²) >= 11 is 1.39. The number of benzene rings is 1. The summed E-state index contributed by atoms with van der Waals surface area (Å²) in [5, 5.41) is 5.93. The average Bonchev–Trinajstić information content (AvgIpc) is 3.21. The van der Waals surface area contributed by atoms with Gasteiger partial charge in [0.25, 0.3) is 5.78 Å². The molecule has 1 N–H and O–H groups in total. The summed E-state index contributed by atoms with van der Waals surface area (Å²) < 4.78 is 13.6. The normalized spacial score (nSPS) is 10.7. The van der Waals surface area contributed by atoms with Gasteiger partial charge in [-0.1, -0.05) is 18.2 Å². The maximum Gasteiger partial charge on any atom is 0.265 e. The van der Waals surface area contributed by atoms with Gasteiger partial charge in [-0.15, -0.1) is 11.3 Å². The fraction of sp³-hybridized carbons (Fsp3) is 0.125. The van der Waals surface area contributed by atoms with E-state index in [-0.39, 0.29) is 18.1 Å². The molecule has 116 valence electrons. The van der Waals surface area contributed by atoms with Crippen LogP contribution in [-0.4, -0.2) is 26.7 Å². The minimum absolute atomic E-state index is 0.00146. The van der Waals surface area contributed by atoms with E-state index in [0.717, 1.165) is 9.75 Å². The first-order chi connectivity index (χ1) is 11.1. The number of H-pyrrole nitrogens is 1. The number of nitrogens with one attached hydrogen (secondary N) is 1. The lowest BCUT2D eigenvalue weighted by Crippen LogP contribution is -2.17. The van der Waals surface area contributed by atoms with Gasteiger partial charge in [-0.2, -0.15) is 5.10 Å². The zero-order chi connectivity index (χ0) is 16.2. The Labute approximate surface area is 135 Å². The van der Waals surface area contributed by atoms with Crippen molar-refractivity contribution in [1.29, 1.82) is 0 Å². The second-order valence-corrected chi connectivity index (χ2v) is 6.15. The molecule has 0 atom stereocenters. The number of rotatable bonds is 6. The molecule has 0 fully saturated rings. The highest BCUT2D eigenvalue weighted by Gasteiger charge is 2.20. The van der Waals surface area contributed by atoms with Gasteiger partial charge in [0.1, 0.15) is 12.1 Å². The molecule has 3 rings (SSSR count). The van der Waals surface area contributed by atoms with Crippen LogP contribution < -0.4 is 0 Å². The van der Waals surface area contributed by atoms with Gasteiger partial charge in [-0.05, 0) is 23.8 Å². The number of aromatic nitrogens is 3. The van der Waals surface area contributed by atoms with Gasteiger partial charge >= 0.3 is 0 Å². The second kappa shape index (κ2) is 6.62. The molecule has 0 saturated heterocycles. The summed E-state index contributed by atoms with van der Waals surface area (Å²) in [5.41, 5.74) is 0.602. The number of Topliss-reactive ketones (excluding diaryl/α,β-unsaturated/α-hetero) is 2. The molecule has 23 heavy (non-hydrogen) atoms. The van der Waals surface area contributed by atoms with E-state index in [9.17, 15) is 14.0 Å². The van der Waals surface area contributed by atoms with E-state index in [4.69, 9.17) is 0 Å². The number of ketones is 2. The van der Waals surface area contributed by atoms with Crippen molar-refractivity contribution in [2.75, 3.05) is 0 Å². The van der Waals surface area contributed by atoms with Crippen molar-refractivity contribution in [2.24, 2.45) is 0 Å². The Morgan fingerprint density at radius 2 is 1.91 bits per heavy atom. The number of nitrogens with zero attached hydrogens (tertiary/aromatic N) is 2. The largest absolute Gasteiger partial charge is 0.290 e.